The summed E-state index contributed by atoms with van der Waals surface area (Å²) in [4.78, 5) is 25.7. The number of carbonyl (C=O) groups is 2. The summed E-state index contributed by atoms with van der Waals surface area (Å²) in [6, 6.07) is 12.9. The summed E-state index contributed by atoms with van der Waals surface area (Å²) in [5.74, 6) is -0.192. The summed E-state index contributed by atoms with van der Waals surface area (Å²) in [5.41, 5.74) is 1.87. The van der Waals surface area contributed by atoms with Gasteiger partial charge in [0.1, 0.15) is 0 Å². The maximum absolute atomic E-state index is 12.3. The van der Waals surface area contributed by atoms with Crippen molar-refractivity contribution in [1.29, 1.82) is 0 Å². The van der Waals surface area contributed by atoms with Gasteiger partial charge in [0.25, 0.3) is 5.91 Å². The number of sulfonamides is 1. The highest BCUT2D eigenvalue weighted by atomic mass is 32.2. The first-order valence-corrected chi connectivity index (χ1v) is 9.69. The van der Waals surface area contributed by atoms with Crippen molar-refractivity contribution in [1.82, 2.24) is 5.32 Å². The van der Waals surface area contributed by atoms with E-state index in [2.05, 4.69) is 5.32 Å². The molecule has 136 valence electrons. The third-order valence-electron chi connectivity index (χ3n) is 4.19. The second-order valence-corrected chi connectivity index (χ2v) is 7.63. The number of carbonyl (C=O) groups excluding carboxylic acids is 2. The van der Waals surface area contributed by atoms with Gasteiger partial charge < -0.3 is 10.2 Å². The Bertz CT molecular complexity index is 939. The Morgan fingerprint density at radius 3 is 2.50 bits per heavy atom. The zero-order chi connectivity index (χ0) is 18.7. The Morgan fingerprint density at radius 2 is 1.88 bits per heavy atom. The van der Waals surface area contributed by atoms with E-state index in [1.165, 1.54) is 12.1 Å². The van der Waals surface area contributed by atoms with Crippen LogP contribution in [0.25, 0.3) is 0 Å². The number of anilines is 1. The molecule has 0 radical (unpaired) electrons. The van der Waals surface area contributed by atoms with Gasteiger partial charge in [-0.25, -0.2) is 13.6 Å². The van der Waals surface area contributed by atoms with Crippen molar-refractivity contribution < 1.29 is 18.0 Å². The number of benzene rings is 2. The molecule has 7 nitrogen and oxygen atoms in total. The van der Waals surface area contributed by atoms with Crippen LogP contribution in [0.5, 0.6) is 0 Å². The summed E-state index contributed by atoms with van der Waals surface area (Å²) in [7, 11) is -3.78. The Hall–Kier alpha value is -2.71. The third kappa shape index (κ3) is 4.09. The first-order valence-electron chi connectivity index (χ1n) is 8.15. The maximum atomic E-state index is 12.3. The monoisotopic (exact) mass is 373 g/mol. The van der Waals surface area contributed by atoms with Crippen molar-refractivity contribution in [3.63, 3.8) is 0 Å². The van der Waals surface area contributed by atoms with E-state index in [1.54, 1.807) is 41.3 Å². The molecule has 0 bridgehead atoms. The van der Waals surface area contributed by atoms with E-state index in [0.29, 0.717) is 24.1 Å². The first kappa shape index (κ1) is 18.1. The van der Waals surface area contributed by atoms with Crippen molar-refractivity contribution >= 4 is 27.5 Å². The first-order chi connectivity index (χ1) is 12.3. The smallest absolute Gasteiger partial charge is 0.251 e. The molecule has 1 aliphatic heterocycles. The van der Waals surface area contributed by atoms with Crippen LogP contribution in [0.3, 0.4) is 0 Å². The molecule has 1 heterocycles. The van der Waals surface area contributed by atoms with Gasteiger partial charge in [0.15, 0.2) is 0 Å². The number of rotatable bonds is 5. The van der Waals surface area contributed by atoms with E-state index in [9.17, 15) is 18.0 Å². The summed E-state index contributed by atoms with van der Waals surface area (Å²) >= 11 is 0. The number of nitrogens with zero attached hydrogens (tertiary/aromatic N) is 1. The zero-order valence-corrected chi connectivity index (χ0v) is 14.8. The van der Waals surface area contributed by atoms with Crippen LogP contribution >= 0.6 is 0 Å². The van der Waals surface area contributed by atoms with Crippen molar-refractivity contribution in [2.45, 2.75) is 24.3 Å². The number of amides is 2. The highest BCUT2D eigenvalue weighted by molar-refractivity contribution is 7.89. The minimum Gasteiger partial charge on any atom is -0.348 e. The van der Waals surface area contributed by atoms with Crippen LogP contribution in [0.4, 0.5) is 5.69 Å². The van der Waals surface area contributed by atoms with Crippen molar-refractivity contribution in [3.8, 4) is 0 Å². The predicted molar refractivity (Wildman–Crippen MR) is 97.0 cm³/mol. The van der Waals surface area contributed by atoms with Crippen molar-refractivity contribution in [2.75, 3.05) is 11.4 Å². The molecule has 0 aliphatic carbocycles. The molecule has 0 saturated carbocycles. The molecule has 2 amide bonds. The lowest BCUT2D eigenvalue weighted by Crippen LogP contribution is -2.25. The SMILES string of the molecule is NS(=O)(=O)c1cccc(CNC(=O)c2ccc(N3CCCC3=O)cc2)c1. The highest BCUT2D eigenvalue weighted by Gasteiger charge is 2.21. The summed E-state index contributed by atoms with van der Waals surface area (Å²) < 4.78 is 22.7. The molecule has 1 fully saturated rings. The lowest BCUT2D eigenvalue weighted by atomic mass is 10.1. The molecule has 3 rings (SSSR count). The van der Waals surface area contributed by atoms with Gasteiger partial charge in [-0.2, -0.15) is 0 Å². The standard InChI is InChI=1S/C18H19N3O4S/c19-26(24,25)16-4-1-3-13(11-16)12-20-18(23)14-6-8-15(9-7-14)21-10-2-5-17(21)22/h1,3-4,6-9,11H,2,5,10,12H2,(H,20,23)(H2,19,24,25). The molecule has 8 heteroatoms. The fourth-order valence-electron chi connectivity index (χ4n) is 2.83. The number of nitrogens with two attached hydrogens (primary N) is 1. The number of nitrogens with one attached hydrogen (secondary N) is 1. The van der Waals surface area contributed by atoms with Crippen LogP contribution in [0, 0.1) is 0 Å². The van der Waals surface area contributed by atoms with E-state index < -0.39 is 10.0 Å². The maximum Gasteiger partial charge on any atom is 0.251 e. The molecule has 0 atom stereocenters. The lowest BCUT2D eigenvalue weighted by molar-refractivity contribution is -0.117. The second-order valence-electron chi connectivity index (χ2n) is 6.07. The minimum absolute atomic E-state index is 0.00359. The highest BCUT2D eigenvalue weighted by Crippen LogP contribution is 2.21. The van der Waals surface area contributed by atoms with Crippen LogP contribution in [0.2, 0.25) is 0 Å². The second kappa shape index (κ2) is 7.27. The van der Waals surface area contributed by atoms with E-state index in [-0.39, 0.29) is 23.3 Å². The van der Waals surface area contributed by atoms with Crippen LogP contribution in [0.15, 0.2) is 53.4 Å². The molecule has 3 N–H and O–H groups in total. The summed E-state index contributed by atoms with van der Waals surface area (Å²) in [6.45, 7) is 0.874. The van der Waals surface area contributed by atoms with Gasteiger partial charge in [-0.15, -0.1) is 0 Å². The molecule has 2 aromatic carbocycles. The van der Waals surface area contributed by atoms with Crippen LogP contribution in [-0.4, -0.2) is 26.8 Å². The molecule has 0 unspecified atom stereocenters. The van der Waals surface area contributed by atoms with Gasteiger partial charge in [-0.3, -0.25) is 9.59 Å². The van der Waals surface area contributed by atoms with Gasteiger partial charge >= 0.3 is 0 Å². The topological polar surface area (TPSA) is 110 Å². The van der Waals surface area contributed by atoms with Crippen LogP contribution in [0.1, 0.15) is 28.8 Å². The van der Waals surface area contributed by atoms with Gasteiger partial charge in [0.2, 0.25) is 15.9 Å². The molecule has 1 saturated heterocycles. The number of primary sulfonamides is 1. The summed E-state index contributed by atoms with van der Waals surface area (Å²) in [5, 5.41) is 7.84. The fourth-order valence-corrected chi connectivity index (χ4v) is 3.41. The number of hydrogen-bond acceptors (Lipinski definition) is 4. The third-order valence-corrected chi connectivity index (χ3v) is 5.11. The van der Waals surface area contributed by atoms with Crippen LogP contribution < -0.4 is 15.4 Å². The van der Waals surface area contributed by atoms with E-state index in [1.807, 2.05) is 0 Å². The zero-order valence-electron chi connectivity index (χ0n) is 14.0. The Kier molecular flexibility index (Phi) is 5.06. The van der Waals surface area contributed by atoms with Crippen LogP contribution in [-0.2, 0) is 21.4 Å². The fraction of sp³-hybridized carbons (Fsp3) is 0.222. The van der Waals surface area contributed by atoms with Gasteiger partial charge in [-0.1, -0.05) is 12.1 Å². The van der Waals surface area contributed by atoms with Gasteiger partial charge in [0.05, 0.1) is 4.90 Å². The molecule has 26 heavy (non-hydrogen) atoms. The average Bonchev–Trinajstić information content (AvgIpc) is 3.05. The van der Waals surface area contributed by atoms with Gasteiger partial charge in [-0.05, 0) is 48.4 Å². The quantitative estimate of drug-likeness (QED) is 0.825. The molecule has 0 aromatic heterocycles. The largest absolute Gasteiger partial charge is 0.348 e. The normalized spacial score (nSPS) is 14.5. The Labute approximate surface area is 151 Å². The molecular formula is C18H19N3O4S. The Balaban J connectivity index is 1.64. The Morgan fingerprint density at radius 1 is 1.15 bits per heavy atom. The van der Waals surface area contributed by atoms with E-state index in [4.69, 9.17) is 5.14 Å². The predicted octanol–water partition coefficient (Wildman–Crippen LogP) is 1.39. The van der Waals surface area contributed by atoms with E-state index in [0.717, 1.165) is 12.1 Å². The average molecular weight is 373 g/mol. The molecule has 1 aliphatic rings. The van der Waals surface area contributed by atoms with Crippen molar-refractivity contribution in [3.05, 3.63) is 59.7 Å². The summed E-state index contributed by atoms with van der Waals surface area (Å²) in [6.07, 6.45) is 1.40. The van der Waals surface area contributed by atoms with E-state index >= 15 is 0 Å². The van der Waals surface area contributed by atoms with Gasteiger partial charge in [0, 0.05) is 30.8 Å². The number of hydrogen-bond donors (Lipinski definition) is 2. The van der Waals surface area contributed by atoms with Crippen molar-refractivity contribution in [2.24, 2.45) is 5.14 Å². The minimum atomic E-state index is -3.78. The molecule has 2 aromatic rings. The molecule has 0 spiro atoms. The lowest BCUT2D eigenvalue weighted by Gasteiger charge is -2.15. The molecular weight excluding hydrogens is 354 g/mol.